The number of aliphatic hydroxyl groups is 1. The summed E-state index contributed by atoms with van der Waals surface area (Å²) in [6.07, 6.45) is 0.881. The molecule has 2 rings (SSSR count). The lowest BCUT2D eigenvalue weighted by Gasteiger charge is -2.42. The minimum absolute atomic E-state index is 0.130. The van der Waals surface area contributed by atoms with Crippen LogP contribution in [0, 0.1) is 0 Å². The molecule has 1 aliphatic heterocycles. The van der Waals surface area contributed by atoms with Crippen LogP contribution < -0.4 is 11.5 Å². The maximum absolute atomic E-state index is 12.0. The number of nitrogens with two attached hydrogens (primary N) is 2. The predicted octanol–water partition coefficient (Wildman–Crippen LogP) is -1.92. The van der Waals surface area contributed by atoms with Gasteiger partial charge in [0.15, 0.2) is 0 Å². The smallest absolute Gasteiger partial charge is 0.265 e. The molecule has 1 atom stereocenters. The van der Waals surface area contributed by atoms with E-state index in [-0.39, 0.29) is 38.2 Å². The van der Waals surface area contributed by atoms with Gasteiger partial charge >= 0.3 is 0 Å². The van der Waals surface area contributed by atoms with Gasteiger partial charge in [-0.2, -0.15) is 4.31 Å². The van der Waals surface area contributed by atoms with Crippen LogP contribution in [0.15, 0.2) is 24.3 Å². The van der Waals surface area contributed by atoms with E-state index in [1.54, 1.807) is 18.2 Å². The van der Waals surface area contributed by atoms with Gasteiger partial charge in [-0.15, -0.1) is 0 Å². The van der Waals surface area contributed by atoms with Gasteiger partial charge in [0.2, 0.25) is 21.7 Å². The Kier molecular flexibility index (Phi) is 5.47. The van der Waals surface area contributed by atoms with E-state index in [2.05, 4.69) is 0 Å². The van der Waals surface area contributed by atoms with Gasteiger partial charge in [0.1, 0.15) is 0 Å². The summed E-state index contributed by atoms with van der Waals surface area (Å²) in [5.41, 5.74) is 9.28. The molecule has 1 aromatic rings. The summed E-state index contributed by atoms with van der Waals surface area (Å²) < 4.78 is 24.4. The van der Waals surface area contributed by atoms with E-state index in [1.165, 1.54) is 15.3 Å². The molecule has 1 aliphatic rings. The highest BCUT2D eigenvalue weighted by Crippen LogP contribution is 2.23. The standard InChI is InChI=1S/C15H22N4O5S/c1-25(23,24)19-8-6-18(7-9-19)15(22,14(17)21)10-11-4-2-3-5-12(11)13(16)20/h2-5,22H,6-10H2,1H3,(H2,16,20)(H2,17,21)/t15-/m0/s1. The van der Waals surface area contributed by atoms with Gasteiger partial charge in [0.25, 0.3) is 5.91 Å². The van der Waals surface area contributed by atoms with E-state index in [4.69, 9.17) is 11.5 Å². The van der Waals surface area contributed by atoms with Crippen molar-refractivity contribution >= 4 is 21.8 Å². The number of hydrogen-bond donors (Lipinski definition) is 3. The number of hydrogen-bond acceptors (Lipinski definition) is 6. The van der Waals surface area contributed by atoms with Crippen molar-refractivity contribution in [2.75, 3.05) is 32.4 Å². The van der Waals surface area contributed by atoms with Crippen LogP contribution in [0.1, 0.15) is 15.9 Å². The summed E-state index contributed by atoms with van der Waals surface area (Å²) >= 11 is 0. The van der Waals surface area contributed by atoms with E-state index in [9.17, 15) is 23.1 Å². The highest BCUT2D eigenvalue weighted by molar-refractivity contribution is 7.88. The van der Waals surface area contributed by atoms with Crippen molar-refractivity contribution in [2.45, 2.75) is 12.1 Å². The van der Waals surface area contributed by atoms with Crippen molar-refractivity contribution in [3.05, 3.63) is 35.4 Å². The molecule has 1 saturated heterocycles. The van der Waals surface area contributed by atoms with Gasteiger partial charge in [0, 0.05) is 38.2 Å². The van der Waals surface area contributed by atoms with Crippen LogP contribution >= 0.6 is 0 Å². The molecule has 5 N–H and O–H groups in total. The third kappa shape index (κ3) is 4.15. The lowest BCUT2D eigenvalue weighted by Crippen LogP contribution is -2.64. The molecular weight excluding hydrogens is 348 g/mol. The van der Waals surface area contributed by atoms with Crippen molar-refractivity contribution in [2.24, 2.45) is 11.5 Å². The molecule has 0 aromatic heterocycles. The van der Waals surface area contributed by atoms with E-state index >= 15 is 0 Å². The molecule has 0 spiro atoms. The molecule has 1 fully saturated rings. The topological polar surface area (TPSA) is 147 Å². The van der Waals surface area contributed by atoms with Crippen LogP contribution in [0.5, 0.6) is 0 Å². The Morgan fingerprint density at radius 2 is 1.72 bits per heavy atom. The Balaban J connectivity index is 2.26. The van der Waals surface area contributed by atoms with Crippen molar-refractivity contribution in [1.29, 1.82) is 0 Å². The zero-order valence-corrected chi connectivity index (χ0v) is 14.7. The summed E-state index contributed by atoms with van der Waals surface area (Å²) in [5, 5.41) is 10.9. The molecule has 0 radical (unpaired) electrons. The first-order valence-corrected chi connectivity index (χ1v) is 9.50. The molecule has 1 aromatic carbocycles. The fraction of sp³-hybridized carbons (Fsp3) is 0.467. The van der Waals surface area contributed by atoms with Crippen LogP contribution in [0.25, 0.3) is 0 Å². The number of nitrogens with zero attached hydrogens (tertiary/aromatic N) is 2. The first-order chi connectivity index (χ1) is 11.6. The number of benzene rings is 1. The van der Waals surface area contributed by atoms with Crippen LogP contribution in [0.2, 0.25) is 0 Å². The number of primary amides is 2. The highest BCUT2D eigenvalue weighted by Gasteiger charge is 2.43. The van der Waals surface area contributed by atoms with Crippen LogP contribution in [-0.2, 0) is 21.2 Å². The van der Waals surface area contributed by atoms with Crippen LogP contribution in [-0.4, -0.2) is 72.7 Å². The van der Waals surface area contributed by atoms with Crippen LogP contribution in [0.4, 0.5) is 0 Å². The largest absolute Gasteiger partial charge is 0.367 e. The summed E-state index contributed by atoms with van der Waals surface area (Å²) in [5.74, 6) is -1.65. The van der Waals surface area contributed by atoms with E-state index in [0.29, 0.717) is 5.56 Å². The Bertz CT molecular complexity index is 774. The van der Waals surface area contributed by atoms with Crippen LogP contribution in [0.3, 0.4) is 0 Å². The SMILES string of the molecule is CS(=O)(=O)N1CCN([C@](O)(Cc2ccccc2C(N)=O)C(N)=O)CC1. The van der Waals surface area contributed by atoms with Gasteiger partial charge < -0.3 is 16.6 Å². The Hall–Kier alpha value is -2.01. The Morgan fingerprint density at radius 3 is 2.20 bits per heavy atom. The van der Waals surface area contributed by atoms with E-state index in [0.717, 1.165) is 6.26 Å². The molecule has 0 aliphatic carbocycles. The minimum Gasteiger partial charge on any atom is -0.367 e. The molecule has 25 heavy (non-hydrogen) atoms. The fourth-order valence-electron chi connectivity index (χ4n) is 2.92. The molecule has 0 saturated carbocycles. The van der Waals surface area contributed by atoms with Crippen molar-refractivity contribution in [3.8, 4) is 0 Å². The number of amides is 2. The third-order valence-corrected chi connectivity index (χ3v) is 5.65. The summed E-state index contributed by atoms with van der Waals surface area (Å²) in [4.78, 5) is 24.9. The van der Waals surface area contributed by atoms with Crippen molar-refractivity contribution in [3.63, 3.8) is 0 Å². The second-order valence-corrected chi connectivity index (χ2v) is 8.01. The number of piperazine rings is 1. The first-order valence-electron chi connectivity index (χ1n) is 7.66. The lowest BCUT2D eigenvalue weighted by atomic mass is 9.95. The summed E-state index contributed by atoms with van der Waals surface area (Å²) in [7, 11) is -3.34. The number of carbonyl (C=O) groups excluding carboxylic acids is 2. The zero-order valence-electron chi connectivity index (χ0n) is 13.9. The average molecular weight is 370 g/mol. The maximum Gasteiger partial charge on any atom is 0.265 e. The summed E-state index contributed by atoms with van der Waals surface area (Å²) in [6, 6.07) is 6.37. The van der Waals surface area contributed by atoms with E-state index in [1.807, 2.05) is 0 Å². The number of rotatable bonds is 6. The molecule has 0 unspecified atom stereocenters. The molecule has 0 bridgehead atoms. The lowest BCUT2D eigenvalue weighted by molar-refractivity contribution is -0.163. The molecular formula is C15H22N4O5S. The Labute approximate surface area is 146 Å². The van der Waals surface area contributed by atoms with Gasteiger partial charge in [-0.3, -0.25) is 14.5 Å². The first kappa shape index (κ1) is 19.3. The van der Waals surface area contributed by atoms with E-state index < -0.39 is 27.6 Å². The molecule has 9 nitrogen and oxygen atoms in total. The maximum atomic E-state index is 12.0. The van der Waals surface area contributed by atoms with Gasteiger partial charge in [0.05, 0.1) is 6.26 Å². The second kappa shape index (κ2) is 7.08. The second-order valence-electron chi connectivity index (χ2n) is 6.03. The monoisotopic (exact) mass is 370 g/mol. The molecule has 2 amide bonds. The van der Waals surface area contributed by atoms with Gasteiger partial charge in [-0.25, -0.2) is 8.42 Å². The number of sulfonamides is 1. The molecule has 1 heterocycles. The normalized spacial score (nSPS) is 19.3. The molecule has 138 valence electrons. The van der Waals surface area contributed by atoms with Gasteiger partial charge in [-0.1, -0.05) is 18.2 Å². The zero-order chi connectivity index (χ0) is 18.8. The highest BCUT2D eigenvalue weighted by atomic mass is 32.2. The summed E-state index contributed by atoms with van der Waals surface area (Å²) in [6.45, 7) is 0.522. The predicted molar refractivity (Wildman–Crippen MR) is 90.8 cm³/mol. The number of carbonyl (C=O) groups is 2. The fourth-order valence-corrected chi connectivity index (χ4v) is 3.75. The van der Waals surface area contributed by atoms with Crippen molar-refractivity contribution in [1.82, 2.24) is 9.21 Å². The van der Waals surface area contributed by atoms with Gasteiger partial charge in [-0.05, 0) is 11.6 Å². The quantitative estimate of drug-likeness (QED) is 0.532. The average Bonchev–Trinajstić information content (AvgIpc) is 2.54. The Morgan fingerprint density at radius 1 is 1.16 bits per heavy atom. The molecule has 10 heteroatoms. The minimum atomic E-state index is -3.34. The van der Waals surface area contributed by atoms with Crippen molar-refractivity contribution < 1.29 is 23.1 Å². The third-order valence-electron chi connectivity index (χ3n) is 4.35.